The topological polar surface area (TPSA) is 78.0 Å². The molecule has 1 aliphatic rings. The fraction of sp³-hybridized carbons (Fsp3) is 0.667. The molecular weight excluding hydrogens is 218 g/mol. The lowest BCUT2D eigenvalue weighted by molar-refractivity contribution is -0.123. The van der Waals surface area contributed by atoms with Crippen LogP contribution in [0.3, 0.4) is 0 Å². The Kier molecular flexibility index (Phi) is 3.78. The van der Waals surface area contributed by atoms with E-state index in [0.717, 1.165) is 31.4 Å². The number of hydrogen-bond donors (Lipinski definition) is 3. The summed E-state index contributed by atoms with van der Waals surface area (Å²) < 4.78 is 0. The number of carbonyl (C=O) groups is 1. The number of amides is 1. The SMILES string of the molecule is O=C(Cc1ccn[nH]1)NC1(CO)CCCCC1. The molecule has 1 saturated carbocycles. The molecule has 94 valence electrons. The van der Waals surface area contributed by atoms with Crippen molar-refractivity contribution in [2.24, 2.45) is 0 Å². The smallest absolute Gasteiger partial charge is 0.226 e. The second-order valence-electron chi connectivity index (χ2n) is 4.81. The number of aliphatic hydroxyl groups excluding tert-OH is 1. The van der Waals surface area contributed by atoms with Gasteiger partial charge in [0.1, 0.15) is 0 Å². The molecule has 17 heavy (non-hydrogen) atoms. The summed E-state index contributed by atoms with van der Waals surface area (Å²) in [4.78, 5) is 11.9. The quantitative estimate of drug-likeness (QED) is 0.723. The number of aromatic nitrogens is 2. The molecule has 2 rings (SSSR count). The molecule has 0 spiro atoms. The molecule has 0 saturated heterocycles. The van der Waals surface area contributed by atoms with Crippen LogP contribution in [0.5, 0.6) is 0 Å². The zero-order valence-electron chi connectivity index (χ0n) is 9.91. The third-order valence-electron chi connectivity index (χ3n) is 3.43. The molecule has 1 aliphatic carbocycles. The van der Waals surface area contributed by atoms with E-state index in [4.69, 9.17) is 0 Å². The number of aromatic amines is 1. The molecule has 0 aromatic carbocycles. The second-order valence-corrected chi connectivity index (χ2v) is 4.81. The lowest BCUT2D eigenvalue weighted by Gasteiger charge is -2.36. The van der Waals surface area contributed by atoms with Crippen LogP contribution < -0.4 is 5.32 Å². The van der Waals surface area contributed by atoms with E-state index in [1.54, 1.807) is 12.3 Å². The minimum absolute atomic E-state index is 0.0295. The van der Waals surface area contributed by atoms with Crippen molar-refractivity contribution in [3.63, 3.8) is 0 Å². The summed E-state index contributed by atoms with van der Waals surface area (Å²) in [5.41, 5.74) is 0.404. The molecule has 1 fully saturated rings. The van der Waals surface area contributed by atoms with Gasteiger partial charge in [0.25, 0.3) is 0 Å². The van der Waals surface area contributed by atoms with Gasteiger partial charge in [-0.05, 0) is 18.9 Å². The number of hydrogen-bond acceptors (Lipinski definition) is 3. The van der Waals surface area contributed by atoms with Gasteiger partial charge in [0.05, 0.1) is 18.6 Å². The first-order chi connectivity index (χ1) is 8.24. The maximum absolute atomic E-state index is 11.9. The van der Waals surface area contributed by atoms with Crippen molar-refractivity contribution in [1.82, 2.24) is 15.5 Å². The molecule has 0 bridgehead atoms. The Labute approximate surface area is 101 Å². The van der Waals surface area contributed by atoms with Crippen molar-refractivity contribution in [3.05, 3.63) is 18.0 Å². The van der Waals surface area contributed by atoms with E-state index in [1.165, 1.54) is 6.42 Å². The number of rotatable bonds is 4. The molecule has 0 unspecified atom stereocenters. The van der Waals surface area contributed by atoms with Crippen LogP contribution in [0.25, 0.3) is 0 Å². The monoisotopic (exact) mass is 237 g/mol. The van der Waals surface area contributed by atoms with Crippen molar-refractivity contribution in [1.29, 1.82) is 0 Å². The van der Waals surface area contributed by atoms with Gasteiger partial charge in [-0.2, -0.15) is 5.10 Å². The Morgan fingerprint density at radius 2 is 2.24 bits per heavy atom. The predicted molar refractivity (Wildman–Crippen MR) is 63.3 cm³/mol. The minimum Gasteiger partial charge on any atom is -0.394 e. The molecule has 1 aromatic heterocycles. The number of carbonyl (C=O) groups excluding carboxylic acids is 1. The number of nitrogens with zero attached hydrogens (tertiary/aromatic N) is 1. The molecule has 0 aliphatic heterocycles. The van der Waals surface area contributed by atoms with Crippen molar-refractivity contribution in [2.45, 2.75) is 44.1 Å². The number of H-pyrrole nitrogens is 1. The van der Waals surface area contributed by atoms with Gasteiger partial charge < -0.3 is 10.4 Å². The Balaban J connectivity index is 1.91. The molecule has 0 radical (unpaired) electrons. The summed E-state index contributed by atoms with van der Waals surface area (Å²) in [6, 6.07) is 1.78. The molecule has 1 heterocycles. The first kappa shape index (κ1) is 12.1. The predicted octanol–water partition coefficient (Wildman–Crippen LogP) is 0.764. The van der Waals surface area contributed by atoms with Crippen LogP contribution in [-0.2, 0) is 11.2 Å². The van der Waals surface area contributed by atoms with E-state index in [0.29, 0.717) is 6.42 Å². The average molecular weight is 237 g/mol. The normalized spacial score (nSPS) is 18.9. The Morgan fingerprint density at radius 1 is 1.47 bits per heavy atom. The van der Waals surface area contributed by atoms with Gasteiger partial charge in [-0.3, -0.25) is 9.89 Å². The molecule has 1 aromatic rings. The van der Waals surface area contributed by atoms with Crippen LogP contribution in [0.4, 0.5) is 0 Å². The summed E-state index contributed by atoms with van der Waals surface area (Å²) in [5, 5.41) is 19.0. The van der Waals surface area contributed by atoms with Crippen molar-refractivity contribution in [2.75, 3.05) is 6.61 Å². The first-order valence-corrected chi connectivity index (χ1v) is 6.14. The van der Waals surface area contributed by atoms with Crippen LogP contribution in [-0.4, -0.2) is 33.4 Å². The standard InChI is InChI=1S/C12H19N3O2/c16-9-12(5-2-1-3-6-12)14-11(17)8-10-4-7-13-15-10/h4,7,16H,1-3,5-6,8-9H2,(H,13,15)(H,14,17). The highest BCUT2D eigenvalue weighted by atomic mass is 16.3. The van der Waals surface area contributed by atoms with E-state index in [-0.39, 0.29) is 12.5 Å². The summed E-state index contributed by atoms with van der Waals surface area (Å²) in [7, 11) is 0. The fourth-order valence-corrected chi connectivity index (χ4v) is 2.45. The molecule has 1 amide bonds. The van der Waals surface area contributed by atoms with Gasteiger partial charge in [0, 0.05) is 11.9 Å². The largest absolute Gasteiger partial charge is 0.394 e. The van der Waals surface area contributed by atoms with Crippen LogP contribution in [0, 0.1) is 0 Å². The summed E-state index contributed by atoms with van der Waals surface area (Å²) in [6.07, 6.45) is 7.01. The second kappa shape index (κ2) is 5.31. The number of aliphatic hydroxyl groups is 1. The highest BCUT2D eigenvalue weighted by Crippen LogP contribution is 2.27. The summed E-state index contributed by atoms with van der Waals surface area (Å²) in [5.74, 6) is -0.0507. The maximum atomic E-state index is 11.9. The minimum atomic E-state index is -0.393. The third kappa shape index (κ3) is 3.06. The molecule has 3 N–H and O–H groups in total. The van der Waals surface area contributed by atoms with Crippen LogP contribution >= 0.6 is 0 Å². The van der Waals surface area contributed by atoms with E-state index in [2.05, 4.69) is 15.5 Å². The highest BCUT2D eigenvalue weighted by Gasteiger charge is 2.32. The molecule has 5 heteroatoms. The molecule has 5 nitrogen and oxygen atoms in total. The van der Waals surface area contributed by atoms with Crippen molar-refractivity contribution >= 4 is 5.91 Å². The van der Waals surface area contributed by atoms with Crippen molar-refractivity contribution < 1.29 is 9.90 Å². The van der Waals surface area contributed by atoms with E-state index < -0.39 is 5.54 Å². The lowest BCUT2D eigenvalue weighted by atomic mass is 9.82. The van der Waals surface area contributed by atoms with Gasteiger partial charge in [-0.25, -0.2) is 0 Å². The Bertz CT molecular complexity index is 356. The summed E-state index contributed by atoms with van der Waals surface area (Å²) in [6.45, 7) is 0.0295. The fourth-order valence-electron chi connectivity index (χ4n) is 2.45. The Hall–Kier alpha value is -1.36. The zero-order chi connectivity index (χ0) is 12.1. The average Bonchev–Trinajstić information content (AvgIpc) is 2.83. The van der Waals surface area contributed by atoms with Gasteiger partial charge in [0.2, 0.25) is 5.91 Å². The third-order valence-corrected chi connectivity index (χ3v) is 3.43. The first-order valence-electron chi connectivity index (χ1n) is 6.14. The highest BCUT2D eigenvalue weighted by molar-refractivity contribution is 5.78. The van der Waals surface area contributed by atoms with Gasteiger partial charge >= 0.3 is 0 Å². The lowest BCUT2D eigenvalue weighted by Crippen LogP contribution is -2.53. The molecule has 0 atom stereocenters. The van der Waals surface area contributed by atoms with Gasteiger partial charge in [0.15, 0.2) is 0 Å². The van der Waals surface area contributed by atoms with Crippen LogP contribution in [0.1, 0.15) is 37.8 Å². The molecular formula is C12H19N3O2. The summed E-state index contributed by atoms with van der Waals surface area (Å²) >= 11 is 0. The van der Waals surface area contributed by atoms with Gasteiger partial charge in [-0.15, -0.1) is 0 Å². The van der Waals surface area contributed by atoms with E-state index >= 15 is 0 Å². The van der Waals surface area contributed by atoms with Crippen LogP contribution in [0.15, 0.2) is 12.3 Å². The number of nitrogens with one attached hydrogen (secondary N) is 2. The Morgan fingerprint density at radius 3 is 2.82 bits per heavy atom. The maximum Gasteiger partial charge on any atom is 0.226 e. The van der Waals surface area contributed by atoms with Crippen molar-refractivity contribution in [3.8, 4) is 0 Å². The van der Waals surface area contributed by atoms with Gasteiger partial charge in [-0.1, -0.05) is 19.3 Å². The van der Waals surface area contributed by atoms with E-state index in [9.17, 15) is 9.90 Å². The van der Waals surface area contributed by atoms with E-state index in [1.807, 2.05) is 0 Å². The zero-order valence-corrected chi connectivity index (χ0v) is 9.91. The van der Waals surface area contributed by atoms with Crippen LogP contribution in [0.2, 0.25) is 0 Å².